The summed E-state index contributed by atoms with van der Waals surface area (Å²) in [6.07, 6.45) is -0.679. The zero-order chi connectivity index (χ0) is 15.8. The minimum Gasteiger partial charge on any atom is -0.387 e. The third-order valence-corrected chi connectivity index (χ3v) is 3.84. The van der Waals surface area contributed by atoms with Crippen LogP contribution in [0.5, 0.6) is 0 Å². The van der Waals surface area contributed by atoms with Crippen LogP contribution in [0.15, 0.2) is 41.1 Å². The van der Waals surface area contributed by atoms with E-state index in [4.69, 9.17) is 4.74 Å². The number of aliphatic hydroxyl groups excluding tert-OH is 1. The number of rotatable bonds is 7. The first kappa shape index (κ1) is 16.5. The first-order valence-electron chi connectivity index (χ1n) is 6.97. The van der Waals surface area contributed by atoms with Gasteiger partial charge < -0.3 is 20.5 Å². The maximum Gasteiger partial charge on any atom is 0.315 e. The highest BCUT2D eigenvalue weighted by molar-refractivity contribution is 7.07. The van der Waals surface area contributed by atoms with Gasteiger partial charge in [0.05, 0.1) is 12.7 Å². The van der Waals surface area contributed by atoms with Gasteiger partial charge in [0.25, 0.3) is 0 Å². The van der Waals surface area contributed by atoms with Gasteiger partial charge in [-0.25, -0.2) is 4.79 Å². The Labute approximate surface area is 133 Å². The minimum atomic E-state index is -0.679. The molecule has 5 nitrogen and oxygen atoms in total. The van der Waals surface area contributed by atoms with Crippen LogP contribution in [0.2, 0.25) is 0 Å². The van der Waals surface area contributed by atoms with Crippen LogP contribution >= 0.6 is 11.3 Å². The molecule has 0 radical (unpaired) electrons. The molecule has 0 bridgehead atoms. The molecule has 3 N–H and O–H groups in total. The summed E-state index contributed by atoms with van der Waals surface area (Å²) in [5.74, 6) is 0. The number of methoxy groups -OCH3 is 1. The second-order valence-corrected chi connectivity index (χ2v) is 5.67. The molecule has 0 saturated carbocycles. The monoisotopic (exact) mass is 320 g/mol. The molecule has 0 fully saturated rings. The lowest BCUT2D eigenvalue weighted by Crippen LogP contribution is -2.37. The zero-order valence-electron chi connectivity index (χ0n) is 12.4. The van der Waals surface area contributed by atoms with Gasteiger partial charge in [-0.15, -0.1) is 0 Å². The molecule has 0 aliphatic heterocycles. The molecule has 0 aliphatic carbocycles. The summed E-state index contributed by atoms with van der Waals surface area (Å²) >= 11 is 1.52. The standard InChI is InChI=1S/C16H20N2O3S/c1-21-10-13-4-2-3-12(7-13)8-17-16(20)18-9-15(19)14-5-6-22-11-14/h2-7,11,15,19H,8-10H2,1H3,(H2,17,18,20). The molecular formula is C16H20N2O3S. The van der Waals surface area contributed by atoms with Gasteiger partial charge in [-0.2, -0.15) is 11.3 Å². The predicted octanol–water partition coefficient (Wildman–Crippen LogP) is 2.43. The second-order valence-electron chi connectivity index (χ2n) is 4.89. The van der Waals surface area contributed by atoms with Crippen molar-refractivity contribution >= 4 is 17.4 Å². The number of hydrogen-bond acceptors (Lipinski definition) is 4. The molecule has 1 unspecified atom stereocenters. The van der Waals surface area contributed by atoms with Gasteiger partial charge in [0.1, 0.15) is 0 Å². The van der Waals surface area contributed by atoms with Gasteiger partial charge in [-0.1, -0.05) is 24.3 Å². The van der Waals surface area contributed by atoms with Gasteiger partial charge in [-0.05, 0) is 33.5 Å². The van der Waals surface area contributed by atoms with Crippen molar-refractivity contribution in [3.05, 3.63) is 57.8 Å². The van der Waals surface area contributed by atoms with Gasteiger partial charge in [0, 0.05) is 20.2 Å². The average Bonchev–Trinajstić information content (AvgIpc) is 3.06. The normalized spacial score (nSPS) is 11.9. The summed E-state index contributed by atoms with van der Waals surface area (Å²) in [5.41, 5.74) is 2.88. The topological polar surface area (TPSA) is 70.6 Å². The number of carbonyl (C=O) groups excluding carboxylic acids is 1. The molecule has 2 amide bonds. The lowest BCUT2D eigenvalue weighted by Gasteiger charge is -2.12. The Balaban J connectivity index is 1.74. The summed E-state index contributed by atoms with van der Waals surface area (Å²) in [4.78, 5) is 11.7. The highest BCUT2D eigenvalue weighted by atomic mass is 32.1. The molecule has 1 aromatic carbocycles. The number of urea groups is 1. The number of carbonyl (C=O) groups is 1. The van der Waals surface area contributed by atoms with Crippen LogP contribution in [0.3, 0.4) is 0 Å². The van der Waals surface area contributed by atoms with Crippen LogP contribution < -0.4 is 10.6 Å². The minimum absolute atomic E-state index is 0.187. The number of thiophene rings is 1. The number of hydrogen-bond donors (Lipinski definition) is 3. The van der Waals surface area contributed by atoms with Crippen molar-refractivity contribution in [1.82, 2.24) is 10.6 Å². The summed E-state index contributed by atoms with van der Waals surface area (Å²) in [7, 11) is 1.65. The molecule has 2 rings (SSSR count). The quantitative estimate of drug-likeness (QED) is 0.734. The fraction of sp³-hybridized carbons (Fsp3) is 0.312. The van der Waals surface area contributed by atoms with Crippen LogP contribution in [-0.2, 0) is 17.9 Å². The molecule has 1 aromatic heterocycles. The van der Waals surface area contributed by atoms with Crippen molar-refractivity contribution in [3.8, 4) is 0 Å². The predicted molar refractivity (Wildman–Crippen MR) is 86.7 cm³/mol. The first-order valence-corrected chi connectivity index (χ1v) is 7.92. The number of ether oxygens (including phenoxy) is 1. The van der Waals surface area contributed by atoms with Crippen molar-refractivity contribution in [2.75, 3.05) is 13.7 Å². The van der Waals surface area contributed by atoms with Crippen LogP contribution in [0.25, 0.3) is 0 Å². The van der Waals surface area contributed by atoms with Crippen LogP contribution in [0.1, 0.15) is 22.8 Å². The molecular weight excluding hydrogens is 300 g/mol. The van der Waals surface area contributed by atoms with E-state index in [2.05, 4.69) is 10.6 Å². The van der Waals surface area contributed by atoms with Gasteiger partial charge in [-0.3, -0.25) is 0 Å². The van der Waals surface area contributed by atoms with Crippen LogP contribution in [0.4, 0.5) is 4.79 Å². The fourth-order valence-electron chi connectivity index (χ4n) is 2.01. The molecule has 2 aromatic rings. The molecule has 22 heavy (non-hydrogen) atoms. The van der Waals surface area contributed by atoms with E-state index in [9.17, 15) is 9.90 Å². The van der Waals surface area contributed by atoms with Crippen molar-refractivity contribution in [3.63, 3.8) is 0 Å². The van der Waals surface area contributed by atoms with Gasteiger partial charge in [0.2, 0.25) is 0 Å². The number of nitrogens with one attached hydrogen (secondary N) is 2. The summed E-state index contributed by atoms with van der Waals surface area (Å²) in [6.45, 7) is 1.16. The molecule has 1 heterocycles. The van der Waals surface area contributed by atoms with Crippen LogP contribution in [-0.4, -0.2) is 24.8 Å². The van der Waals surface area contributed by atoms with E-state index in [-0.39, 0.29) is 12.6 Å². The molecule has 1 atom stereocenters. The van der Waals surface area contributed by atoms with E-state index in [1.54, 1.807) is 7.11 Å². The molecule has 0 saturated heterocycles. The summed E-state index contributed by atoms with van der Waals surface area (Å²) in [5, 5.41) is 19.1. The van der Waals surface area contributed by atoms with E-state index in [1.165, 1.54) is 11.3 Å². The van der Waals surface area contributed by atoms with E-state index in [0.29, 0.717) is 13.2 Å². The molecule has 0 spiro atoms. The Morgan fingerprint density at radius 2 is 2.14 bits per heavy atom. The van der Waals surface area contributed by atoms with Crippen molar-refractivity contribution < 1.29 is 14.6 Å². The highest BCUT2D eigenvalue weighted by Gasteiger charge is 2.09. The fourth-order valence-corrected chi connectivity index (χ4v) is 2.72. The maximum absolute atomic E-state index is 11.7. The third-order valence-electron chi connectivity index (χ3n) is 3.14. The Kier molecular flexibility index (Phi) is 6.39. The van der Waals surface area contributed by atoms with E-state index < -0.39 is 6.10 Å². The SMILES string of the molecule is COCc1cccc(CNC(=O)NCC(O)c2ccsc2)c1. The third kappa shape index (κ3) is 5.14. The lowest BCUT2D eigenvalue weighted by molar-refractivity contribution is 0.173. The smallest absolute Gasteiger partial charge is 0.315 e. The first-order chi connectivity index (χ1) is 10.7. The Bertz CT molecular complexity index is 587. The number of amides is 2. The van der Waals surface area contributed by atoms with Gasteiger partial charge >= 0.3 is 6.03 Å². The Morgan fingerprint density at radius 1 is 1.32 bits per heavy atom. The van der Waals surface area contributed by atoms with Gasteiger partial charge in [0.15, 0.2) is 0 Å². The van der Waals surface area contributed by atoms with Crippen LogP contribution in [0, 0.1) is 0 Å². The average molecular weight is 320 g/mol. The number of benzene rings is 1. The highest BCUT2D eigenvalue weighted by Crippen LogP contribution is 2.14. The lowest BCUT2D eigenvalue weighted by atomic mass is 10.1. The summed E-state index contributed by atoms with van der Waals surface area (Å²) < 4.78 is 5.08. The summed E-state index contributed by atoms with van der Waals surface area (Å²) in [6, 6.07) is 9.39. The largest absolute Gasteiger partial charge is 0.387 e. The molecule has 6 heteroatoms. The van der Waals surface area contributed by atoms with Crippen molar-refractivity contribution in [1.29, 1.82) is 0 Å². The maximum atomic E-state index is 11.7. The molecule has 118 valence electrons. The van der Waals surface area contributed by atoms with E-state index in [0.717, 1.165) is 16.7 Å². The Morgan fingerprint density at radius 3 is 2.86 bits per heavy atom. The zero-order valence-corrected chi connectivity index (χ0v) is 13.2. The second kappa shape index (κ2) is 8.53. The van der Waals surface area contributed by atoms with Crippen molar-refractivity contribution in [2.45, 2.75) is 19.3 Å². The van der Waals surface area contributed by atoms with Crippen molar-refractivity contribution in [2.24, 2.45) is 0 Å². The van der Waals surface area contributed by atoms with E-state index in [1.807, 2.05) is 41.1 Å². The van der Waals surface area contributed by atoms with E-state index >= 15 is 0 Å². The number of aliphatic hydroxyl groups is 1. The molecule has 0 aliphatic rings. The Hall–Kier alpha value is -1.89.